The Morgan fingerprint density at radius 2 is 1.41 bits per heavy atom. The summed E-state index contributed by atoms with van der Waals surface area (Å²) in [5.74, 6) is -0.821. The minimum absolute atomic E-state index is 0.0263. The van der Waals surface area contributed by atoms with Crippen molar-refractivity contribution in [1.29, 1.82) is 0 Å². The number of rotatable bonds is 5. The minimum Gasteiger partial charge on any atom is -0.321 e. The molecule has 0 aliphatic heterocycles. The SMILES string of the molecule is O=C(Nc1ccc(Cl)cc1)c1nccnc1NS(=O)(=O)c1ccc(Cl)cc1. The van der Waals surface area contributed by atoms with Crippen molar-refractivity contribution in [2.24, 2.45) is 0 Å². The van der Waals surface area contributed by atoms with Crippen molar-refractivity contribution in [3.63, 3.8) is 0 Å². The molecular weight excluding hydrogens is 411 g/mol. The summed E-state index contributed by atoms with van der Waals surface area (Å²) in [4.78, 5) is 20.3. The standard InChI is InChI=1S/C17H12Cl2N4O3S/c18-11-1-5-13(6-2-11)22-17(24)15-16(21-10-9-20-15)23-27(25,26)14-7-3-12(19)4-8-14/h1-10H,(H,21,23)(H,22,24). The number of benzene rings is 2. The van der Waals surface area contributed by atoms with Crippen LogP contribution < -0.4 is 10.0 Å². The van der Waals surface area contributed by atoms with E-state index in [4.69, 9.17) is 23.2 Å². The number of anilines is 2. The largest absolute Gasteiger partial charge is 0.321 e. The summed E-state index contributed by atoms with van der Waals surface area (Å²) in [5, 5.41) is 3.52. The number of halogens is 2. The van der Waals surface area contributed by atoms with Gasteiger partial charge < -0.3 is 5.32 Å². The Morgan fingerprint density at radius 3 is 2.04 bits per heavy atom. The maximum atomic E-state index is 12.5. The van der Waals surface area contributed by atoms with Gasteiger partial charge in [0, 0.05) is 28.1 Å². The molecule has 0 radical (unpaired) electrons. The first-order chi connectivity index (χ1) is 12.8. The molecule has 0 aliphatic carbocycles. The molecule has 10 heteroatoms. The average Bonchev–Trinajstić information content (AvgIpc) is 2.64. The molecule has 0 aliphatic rings. The number of nitrogens with zero attached hydrogens (tertiary/aromatic N) is 2. The Kier molecular flexibility index (Phi) is 5.59. The normalized spacial score (nSPS) is 11.0. The highest BCUT2D eigenvalue weighted by atomic mass is 35.5. The highest BCUT2D eigenvalue weighted by molar-refractivity contribution is 7.92. The van der Waals surface area contributed by atoms with Crippen LogP contribution in [0.3, 0.4) is 0 Å². The van der Waals surface area contributed by atoms with Gasteiger partial charge >= 0.3 is 0 Å². The van der Waals surface area contributed by atoms with E-state index in [1.165, 1.54) is 36.7 Å². The molecule has 0 spiro atoms. The lowest BCUT2D eigenvalue weighted by atomic mass is 10.3. The molecule has 1 aromatic heterocycles. The zero-order chi connectivity index (χ0) is 19.4. The van der Waals surface area contributed by atoms with E-state index >= 15 is 0 Å². The monoisotopic (exact) mass is 422 g/mol. The molecule has 27 heavy (non-hydrogen) atoms. The van der Waals surface area contributed by atoms with Gasteiger partial charge in [0.25, 0.3) is 15.9 Å². The van der Waals surface area contributed by atoms with Crippen molar-refractivity contribution in [2.45, 2.75) is 4.90 Å². The molecule has 2 aromatic carbocycles. The third-order valence-electron chi connectivity index (χ3n) is 3.37. The van der Waals surface area contributed by atoms with E-state index < -0.39 is 15.9 Å². The van der Waals surface area contributed by atoms with Gasteiger partial charge in [0.05, 0.1) is 4.90 Å². The summed E-state index contributed by atoms with van der Waals surface area (Å²) >= 11 is 11.6. The molecule has 0 saturated carbocycles. The fraction of sp³-hybridized carbons (Fsp3) is 0. The van der Waals surface area contributed by atoms with E-state index in [0.717, 1.165) is 0 Å². The van der Waals surface area contributed by atoms with Crippen molar-refractivity contribution >= 4 is 50.6 Å². The molecule has 0 fully saturated rings. The second-order valence-electron chi connectivity index (χ2n) is 5.27. The molecule has 1 heterocycles. The van der Waals surface area contributed by atoms with Gasteiger partial charge in [-0.3, -0.25) is 9.52 Å². The Morgan fingerprint density at radius 1 is 0.852 bits per heavy atom. The van der Waals surface area contributed by atoms with Crippen LogP contribution in [-0.4, -0.2) is 24.3 Å². The second-order valence-corrected chi connectivity index (χ2v) is 7.83. The van der Waals surface area contributed by atoms with Crippen LogP contribution >= 0.6 is 23.2 Å². The summed E-state index contributed by atoms with van der Waals surface area (Å²) < 4.78 is 27.3. The van der Waals surface area contributed by atoms with Crippen molar-refractivity contribution < 1.29 is 13.2 Å². The number of carbonyl (C=O) groups excluding carboxylic acids is 1. The summed E-state index contributed by atoms with van der Waals surface area (Å²) in [5.41, 5.74) is 0.298. The molecule has 0 atom stereocenters. The van der Waals surface area contributed by atoms with E-state index in [2.05, 4.69) is 20.0 Å². The third-order valence-corrected chi connectivity index (χ3v) is 5.23. The van der Waals surface area contributed by atoms with Crippen LogP contribution in [0, 0.1) is 0 Å². The van der Waals surface area contributed by atoms with E-state index in [9.17, 15) is 13.2 Å². The number of amides is 1. The van der Waals surface area contributed by atoms with Crippen LogP contribution in [0.25, 0.3) is 0 Å². The molecule has 3 rings (SSSR count). The Labute approximate surface area is 165 Å². The van der Waals surface area contributed by atoms with Crippen molar-refractivity contribution in [3.8, 4) is 0 Å². The maximum Gasteiger partial charge on any atom is 0.278 e. The van der Waals surface area contributed by atoms with Crippen molar-refractivity contribution in [3.05, 3.63) is 76.7 Å². The fourth-order valence-corrected chi connectivity index (χ4v) is 3.37. The van der Waals surface area contributed by atoms with Gasteiger partial charge in [-0.05, 0) is 48.5 Å². The lowest BCUT2D eigenvalue weighted by molar-refractivity contribution is 0.102. The van der Waals surface area contributed by atoms with Crippen LogP contribution in [-0.2, 0) is 10.0 Å². The number of sulfonamides is 1. The van der Waals surface area contributed by atoms with E-state index in [1.807, 2.05) is 0 Å². The van der Waals surface area contributed by atoms with E-state index in [-0.39, 0.29) is 16.4 Å². The molecule has 2 N–H and O–H groups in total. The molecule has 138 valence electrons. The third kappa shape index (κ3) is 4.73. The quantitative estimate of drug-likeness (QED) is 0.650. The van der Waals surface area contributed by atoms with Crippen molar-refractivity contribution in [1.82, 2.24) is 9.97 Å². The van der Waals surface area contributed by atoms with Crippen LogP contribution in [0.15, 0.2) is 65.8 Å². The van der Waals surface area contributed by atoms with Gasteiger partial charge in [-0.1, -0.05) is 23.2 Å². The summed E-state index contributed by atoms with van der Waals surface area (Å²) in [6, 6.07) is 12.0. The van der Waals surface area contributed by atoms with Crippen LogP contribution in [0.2, 0.25) is 10.0 Å². The summed E-state index contributed by atoms with van der Waals surface area (Å²) in [7, 11) is -3.97. The molecule has 3 aromatic rings. The molecule has 0 bridgehead atoms. The smallest absolute Gasteiger partial charge is 0.278 e. The van der Waals surface area contributed by atoms with Crippen LogP contribution in [0.1, 0.15) is 10.5 Å². The number of carbonyl (C=O) groups is 1. The Hall–Kier alpha value is -2.68. The first-order valence-electron chi connectivity index (χ1n) is 7.51. The highest BCUT2D eigenvalue weighted by Crippen LogP contribution is 2.20. The molecule has 1 amide bonds. The Balaban J connectivity index is 1.86. The molecule has 7 nitrogen and oxygen atoms in total. The van der Waals surface area contributed by atoms with Gasteiger partial charge in [0.15, 0.2) is 11.5 Å². The number of hydrogen-bond donors (Lipinski definition) is 2. The first-order valence-corrected chi connectivity index (χ1v) is 9.75. The van der Waals surface area contributed by atoms with Crippen LogP contribution in [0.5, 0.6) is 0 Å². The van der Waals surface area contributed by atoms with Gasteiger partial charge in [-0.15, -0.1) is 0 Å². The average molecular weight is 423 g/mol. The number of aromatic nitrogens is 2. The van der Waals surface area contributed by atoms with Gasteiger partial charge in [-0.25, -0.2) is 18.4 Å². The first kappa shape index (κ1) is 19.1. The fourth-order valence-electron chi connectivity index (χ4n) is 2.10. The van der Waals surface area contributed by atoms with Gasteiger partial charge in [-0.2, -0.15) is 0 Å². The number of nitrogens with one attached hydrogen (secondary N) is 2. The molecular formula is C17H12Cl2N4O3S. The summed E-state index contributed by atoms with van der Waals surface area (Å²) in [6.45, 7) is 0. The second kappa shape index (κ2) is 7.91. The van der Waals surface area contributed by atoms with Gasteiger partial charge in [0.2, 0.25) is 0 Å². The maximum absolute atomic E-state index is 12.5. The summed E-state index contributed by atoms with van der Waals surface area (Å²) in [6.07, 6.45) is 2.57. The lowest BCUT2D eigenvalue weighted by Crippen LogP contribution is -2.20. The zero-order valence-corrected chi connectivity index (χ0v) is 15.9. The van der Waals surface area contributed by atoms with Crippen molar-refractivity contribution in [2.75, 3.05) is 10.0 Å². The van der Waals surface area contributed by atoms with Crippen LogP contribution in [0.4, 0.5) is 11.5 Å². The number of hydrogen-bond acceptors (Lipinski definition) is 5. The zero-order valence-electron chi connectivity index (χ0n) is 13.6. The highest BCUT2D eigenvalue weighted by Gasteiger charge is 2.21. The minimum atomic E-state index is -3.97. The molecule has 0 saturated heterocycles. The lowest BCUT2D eigenvalue weighted by Gasteiger charge is -2.11. The van der Waals surface area contributed by atoms with E-state index in [1.54, 1.807) is 24.3 Å². The Bertz CT molecular complexity index is 1070. The predicted octanol–water partition coefficient (Wildman–Crippen LogP) is 3.84. The topological polar surface area (TPSA) is 101 Å². The van der Waals surface area contributed by atoms with Gasteiger partial charge in [0.1, 0.15) is 0 Å². The van der Waals surface area contributed by atoms with E-state index in [0.29, 0.717) is 15.7 Å². The molecule has 0 unspecified atom stereocenters. The predicted molar refractivity (Wildman–Crippen MR) is 104 cm³/mol.